The van der Waals surface area contributed by atoms with Gasteiger partial charge in [0, 0.05) is 5.56 Å². The highest BCUT2D eigenvalue weighted by Crippen LogP contribution is 2.36. The number of quaternary nitrogens is 1. The normalized spacial score (nSPS) is 13.1. The van der Waals surface area contributed by atoms with Gasteiger partial charge in [-0.25, -0.2) is 4.39 Å². The minimum Gasteiger partial charge on any atom is -0.370 e. The van der Waals surface area contributed by atoms with E-state index in [4.69, 9.17) is 4.74 Å². The molecule has 1 N–H and O–H groups in total. The Morgan fingerprint density at radius 2 is 1.07 bits per heavy atom. The Hall–Kier alpha value is -2.91. The van der Waals surface area contributed by atoms with Crippen LogP contribution in [0.15, 0.2) is 78.9 Å². The summed E-state index contributed by atoms with van der Waals surface area (Å²) in [6.45, 7) is 14.8. The SMILES string of the molecule is CC.CC.CCc1cc(C(F)(F)F)cc(C(F)(F)F)c1.Fc1ccccc1.c1ccc(C[NH+]2CCOCC2)cc1. The first kappa shape index (κ1) is 37.1. The van der Waals surface area contributed by atoms with Gasteiger partial charge in [0.25, 0.3) is 0 Å². The van der Waals surface area contributed by atoms with Crippen LogP contribution < -0.4 is 4.90 Å². The summed E-state index contributed by atoms with van der Waals surface area (Å²) in [6, 6.07) is 20.2. The van der Waals surface area contributed by atoms with Crippen molar-refractivity contribution >= 4 is 0 Å². The molecule has 0 bridgehead atoms. The van der Waals surface area contributed by atoms with Gasteiger partial charge in [-0.15, -0.1) is 0 Å². The van der Waals surface area contributed by atoms with E-state index in [2.05, 4.69) is 30.3 Å². The maximum absolute atomic E-state index is 12.3. The lowest BCUT2D eigenvalue weighted by molar-refractivity contribution is -0.921. The van der Waals surface area contributed by atoms with Crippen LogP contribution in [0.25, 0.3) is 0 Å². The third-order valence-electron chi connectivity index (χ3n) is 5.29. The average molecular weight is 577 g/mol. The van der Waals surface area contributed by atoms with Crippen molar-refractivity contribution < 1.29 is 40.4 Å². The number of halogens is 7. The number of hydrogen-bond acceptors (Lipinski definition) is 1. The monoisotopic (exact) mass is 576 g/mol. The fourth-order valence-corrected chi connectivity index (χ4v) is 3.36. The van der Waals surface area contributed by atoms with Gasteiger partial charge in [-0.2, -0.15) is 26.3 Å². The number of benzene rings is 3. The van der Waals surface area contributed by atoms with Gasteiger partial charge in [-0.1, -0.05) is 83.1 Å². The third-order valence-corrected chi connectivity index (χ3v) is 5.29. The first-order valence-electron chi connectivity index (χ1n) is 13.4. The summed E-state index contributed by atoms with van der Waals surface area (Å²) in [4.78, 5) is 1.64. The van der Waals surface area contributed by atoms with Crippen molar-refractivity contribution in [2.45, 2.75) is 59.9 Å². The molecule has 0 atom stereocenters. The molecule has 0 radical (unpaired) electrons. The summed E-state index contributed by atoms with van der Waals surface area (Å²) >= 11 is 0. The predicted molar refractivity (Wildman–Crippen MR) is 147 cm³/mol. The lowest BCUT2D eigenvalue weighted by Gasteiger charge is -2.23. The summed E-state index contributed by atoms with van der Waals surface area (Å²) in [5, 5.41) is 0. The summed E-state index contributed by atoms with van der Waals surface area (Å²) in [5.74, 6) is -0.178. The van der Waals surface area contributed by atoms with E-state index < -0.39 is 23.5 Å². The lowest BCUT2D eigenvalue weighted by atomic mass is 10.0. The van der Waals surface area contributed by atoms with Crippen molar-refractivity contribution in [2.24, 2.45) is 0 Å². The van der Waals surface area contributed by atoms with Crippen LogP contribution in [0.5, 0.6) is 0 Å². The molecule has 1 aliphatic rings. The van der Waals surface area contributed by atoms with Crippen LogP contribution in [0.3, 0.4) is 0 Å². The zero-order valence-corrected chi connectivity index (χ0v) is 23.8. The number of morpholine rings is 1. The van der Waals surface area contributed by atoms with Crippen LogP contribution in [0.2, 0.25) is 0 Å². The van der Waals surface area contributed by atoms with Gasteiger partial charge in [0.15, 0.2) is 0 Å². The largest absolute Gasteiger partial charge is 0.416 e. The molecule has 224 valence electrons. The molecule has 1 heterocycles. The summed E-state index contributed by atoms with van der Waals surface area (Å²) in [7, 11) is 0. The van der Waals surface area contributed by atoms with Crippen LogP contribution in [0.4, 0.5) is 30.7 Å². The standard InChI is InChI=1S/C11H15NO.C10H8F6.C6H5F.2C2H6/c1-2-4-11(5-3-1)10-12-6-8-13-9-7-12;1-2-6-3-7(9(11,12)13)5-8(4-6)10(14,15)16;7-6-4-2-1-3-5-6;2*1-2/h1-5H,6-10H2;3-5H,2H2,1H3;1-5H;2*1-2H3/p+1. The molecule has 3 aromatic rings. The highest BCUT2D eigenvalue weighted by atomic mass is 19.4. The number of aryl methyl sites for hydroxylation is 1. The molecule has 9 heteroatoms. The Balaban J connectivity index is 0.000000565. The number of hydrogen-bond donors (Lipinski definition) is 1. The van der Waals surface area contributed by atoms with E-state index in [1.165, 1.54) is 24.6 Å². The molecule has 40 heavy (non-hydrogen) atoms. The number of nitrogens with one attached hydrogen (secondary N) is 1. The van der Waals surface area contributed by atoms with E-state index in [0.29, 0.717) is 0 Å². The van der Waals surface area contributed by atoms with E-state index in [0.717, 1.165) is 45.0 Å². The van der Waals surface area contributed by atoms with Crippen LogP contribution >= 0.6 is 0 Å². The van der Waals surface area contributed by atoms with Crippen molar-refractivity contribution in [3.8, 4) is 0 Å². The number of alkyl halides is 6. The van der Waals surface area contributed by atoms with Crippen molar-refractivity contribution in [2.75, 3.05) is 26.3 Å². The van der Waals surface area contributed by atoms with Crippen molar-refractivity contribution in [1.82, 2.24) is 0 Å². The van der Waals surface area contributed by atoms with Crippen LogP contribution in [0.1, 0.15) is 56.9 Å². The van der Waals surface area contributed by atoms with E-state index in [1.807, 2.05) is 27.7 Å². The zero-order valence-electron chi connectivity index (χ0n) is 23.8. The van der Waals surface area contributed by atoms with Gasteiger partial charge >= 0.3 is 12.4 Å². The van der Waals surface area contributed by atoms with Gasteiger partial charge in [0.1, 0.15) is 25.5 Å². The second-order valence-corrected chi connectivity index (χ2v) is 8.09. The molecule has 0 aliphatic carbocycles. The van der Waals surface area contributed by atoms with Crippen LogP contribution in [0, 0.1) is 5.82 Å². The third kappa shape index (κ3) is 15.6. The Bertz CT molecular complexity index is 985. The molecule has 0 spiro atoms. The van der Waals surface area contributed by atoms with Gasteiger partial charge < -0.3 is 9.64 Å². The summed E-state index contributed by atoms with van der Waals surface area (Å²) < 4.78 is 91.1. The molecule has 4 rings (SSSR count). The molecule has 1 saturated heterocycles. The second kappa shape index (κ2) is 20.0. The predicted octanol–water partition coefficient (Wildman–Crippen LogP) is 8.27. The summed E-state index contributed by atoms with van der Waals surface area (Å²) in [6.07, 6.45) is -9.40. The fraction of sp³-hybridized carbons (Fsp3) is 0.419. The molecule has 2 nitrogen and oxygen atoms in total. The quantitative estimate of drug-likeness (QED) is 0.310. The van der Waals surface area contributed by atoms with Crippen molar-refractivity contribution in [3.63, 3.8) is 0 Å². The Kier molecular flexibility index (Phi) is 18.6. The summed E-state index contributed by atoms with van der Waals surface area (Å²) in [5.41, 5.74) is -1.08. The van der Waals surface area contributed by atoms with Crippen molar-refractivity contribution in [3.05, 3.63) is 107 Å². The van der Waals surface area contributed by atoms with Crippen LogP contribution in [-0.2, 0) is 30.1 Å². The van der Waals surface area contributed by atoms with Crippen molar-refractivity contribution in [1.29, 1.82) is 0 Å². The maximum Gasteiger partial charge on any atom is 0.416 e. The van der Waals surface area contributed by atoms with E-state index >= 15 is 0 Å². The second-order valence-electron chi connectivity index (χ2n) is 8.09. The molecule has 0 unspecified atom stereocenters. The van der Waals surface area contributed by atoms with Gasteiger partial charge in [0.2, 0.25) is 0 Å². The zero-order chi connectivity index (χ0) is 30.6. The molecule has 3 aromatic carbocycles. The Morgan fingerprint density at radius 1 is 0.650 bits per heavy atom. The lowest BCUT2D eigenvalue weighted by Crippen LogP contribution is -3.12. The minimum absolute atomic E-state index is 0.0159. The molecule has 0 saturated carbocycles. The molecule has 0 aromatic heterocycles. The smallest absolute Gasteiger partial charge is 0.370 e. The minimum atomic E-state index is -4.76. The Morgan fingerprint density at radius 3 is 1.43 bits per heavy atom. The average Bonchev–Trinajstić information content (AvgIpc) is 2.96. The Labute approximate surface area is 233 Å². The number of ether oxygens (including phenoxy) is 1. The highest BCUT2D eigenvalue weighted by molar-refractivity contribution is 5.33. The highest BCUT2D eigenvalue weighted by Gasteiger charge is 2.36. The van der Waals surface area contributed by atoms with Gasteiger partial charge in [-0.3, -0.25) is 0 Å². The first-order valence-corrected chi connectivity index (χ1v) is 13.4. The fourth-order valence-electron chi connectivity index (χ4n) is 3.36. The molecular formula is C31H41F7NO+. The molecule has 0 amide bonds. The van der Waals surface area contributed by atoms with Gasteiger partial charge in [0.05, 0.1) is 24.3 Å². The van der Waals surface area contributed by atoms with Gasteiger partial charge in [-0.05, 0) is 42.3 Å². The maximum atomic E-state index is 12.3. The van der Waals surface area contributed by atoms with Crippen LogP contribution in [-0.4, -0.2) is 26.3 Å². The van der Waals surface area contributed by atoms with E-state index in [9.17, 15) is 30.7 Å². The number of rotatable bonds is 3. The van der Waals surface area contributed by atoms with E-state index in [-0.39, 0.29) is 23.9 Å². The molecule has 1 fully saturated rings. The first-order chi connectivity index (χ1) is 19.0. The van der Waals surface area contributed by atoms with E-state index in [1.54, 1.807) is 23.1 Å². The molecular weight excluding hydrogens is 535 g/mol. The molecule has 1 aliphatic heterocycles. The topological polar surface area (TPSA) is 13.7 Å².